The zero-order valence-electron chi connectivity index (χ0n) is 3.69. The topological polar surface area (TPSA) is 20.2 Å². The molecule has 0 spiro atoms. The average molecular weight is 108 g/mol. The zero-order chi connectivity index (χ0) is 5.49. The van der Waals surface area contributed by atoms with Crippen LogP contribution in [0.2, 0.25) is 0 Å². The molecule has 1 saturated carbocycles. The van der Waals surface area contributed by atoms with Crippen LogP contribution in [0.1, 0.15) is 12.8 Å². The summed E-state index contributed by atoms with van der Waals surface area (Å²) in [6.45, 7) is 0. The number of hydrogen-bond donors (Lipinski definition) is 1. The smallest absolute Gasteiger partial charge is 0.238 e. The van der Waals surface area contributed by atoms with Gasteiger partial charge in [-0.3, -0.25) is 0 Å². The van der Waals surface area contributed by atoms with Crippen molar-refractivity contribution in [2.75, 3.05) is 0 Å². The number of hydrogen-bond acceptors (Lipinski definition) is 1. The van der Waals surface area contributed by atoms with E-state index in [4.69, 9.17) is 5.11 Å². The summed E-state index contributed by atoms with van der Waals surface area (Å²) in [5.41, 5.74) is 0. The van der Waals surface area contributed by atoms with Gasteiger partial charge in [-0.25, -0.2) is 8.78 Å². The van der Waals surface area contributed by atoms with Crippen LogP contribution in [0.5, 0.6) is 0 Å². The molecule has 1 aliphatic carbocycles. The summed E-state index contributed by atoms with van der Waals surface area (Å²) in [5.74, 6) is -2.49. The summed E-state index contributed by atoms with van der Waals surface area (Å²) in [6, 6.07) is 0. The van der Waals surface area contributed by atoms with Gasteiger partial charge in [-0.05, 0) is 6.42 Å². The van der Waals surface area contributed by atoms with E-state index in [0.29, 0.717) is 0 Å². The molecular formula is C4H6F2O. The molecule has 0 heterocycles. The second kappa shape index (κ2) is 1.15. The minimum atomic E-state index is -2.49. The average Bonchev–Trinajstić information content (AvgIpc) is 1.63. The van der Waals surface area contributed by atoms with E-state index in [1.165, 1.54) is 0 Å². The van der Waals surface area contributed by atoms with Crippen LogP contribution in [-0.4, -0.2) is 17.1 Å². The third-order valence-electron chi connectivity index (χ3n) is 1.23. The Morgan fingerprint density at radius 3 is 2.14 bits per heavy atom. The van der Waals surface area contributed by atoms with Crippen LogP contribution in [0.4, 0.5) is 8.78 Å². The molecule has 7 heavy (non-hydrogen) atoms. The second-order valence-corrected chi connectivity index (χ2v) is 1.82. The summed E-state index contributed by atoms with van der Waals surface area (Å²) in [5, 5.41) is 8.14. The van der Waals surface area contributed by atoms with Crippen molar-refractivity contribution in [3.05, 3.63) is 0 Å². The van der Waals surface area contributed by atoms with E-state index < -0.39 is 12.0 Å². The Morgan fingerprint density at radius 1 is 1.71 bits per heavy atom. The summed E-state index contributed by atoms with van der Waals surface area (Å²) >= 11 is 0. The van der Waals surface area contributed by atoms with Gasteiger partial charge in [-0.15, -0.1) is 0 Å². The van der Waals surface area contributed by atoms with E-state index in [9.17, 15) is 8.78 Å². The number of alkyl halides is 2. The van der Waals surface area contributed by atoms with Crippen LogP contribution < -0.4 is 0 Å². The van der Waals surface area contributed by atoms with Crippen molar-refractivity contribution >= 4 is 0 Å². The molecule has 2 atom stereocenters. The van der Waals surface area contributed by atoms with E-state index in [-0.39, 0.29) is 12.8 Å². The second-order valence-electron chi connectivity index (χ2n) is 1.82. The molecule has 3 heteroatoms. The first-order chi connectivity index (χ1) is 3.13. The van der Waals surface area contributed by atoms with E-state index in [2.05, 4.69) is 0 Å². The fraction of sp³-hybridized carbons (Fsp3) is 1.00. The van der Waals surface area contributed by atoms with Gasteiger partial charge < -0.3 is 5.11 Å². The van der Waals surface area contributed by atoms with Crippen molar-refractivity contribution in [2.45, 2.75) is 24.9 Å². The molecular weight excluding hydrogens is 102 g/mol. The van der Waals surface area contributed by atoms with E-state index >= 15 is 0 Å². The Balaban J connectivity index is 2.43. The lowest BCUT2D eigenvalue weighted by molar-refractivity contribution is -0.202. The predicted octanol–water partition coefficient (Wildman–Crippen LogP) is 0.776. The third-order valence-corrected chi connectivity index (χ3v) is 1.23. The predicted molar refractivity (Wildman–Crippen MR) is 20.2 cm³/mol. The molecule has 1 rings (SSSR count). The largest absolute Gasteiger partial charge is 0.360 e. The Hall–Kier alpha value is -0.180. The Kier molecular flexibility index (Phi) is 0.819. The van der Waals surface area contributed by atoms with Gasteiger partial charge in [0.1, 0.15) is 0 Å². The molecule has 0 aromatic rings. The quantitative estimate of drug-likeness (QED) is 0.486. The van der Waals surface area contributed by atoms with Crippen molar-refractivity contribution in [3.63, 3.8) is 0 Å². The Morgan fingerprint density at radius 2 is 2.14 bits per heavy atom. The van der Waals surface area contributed by atoms with Crippen LogP contribution in [0, 0.1) is 0 Å². The summed E-state index contributed by atoms with van der Waals surface area (Å²) in [6.07, 6.45) is -1.52. The molecule has 0 saturated heterocycles. The van der Waals surface area contributed by atoms with Crippen LogP contribution >= 0.6 is 0 Å². The summed E-state index contributed by atoms with van der Waals surface area (Å²) in [4.78, 5) is 0. The zero-order valence-corrected chi connectivity index (χ0v) is 3.69. The normalized spacial score (nSPS) is 51.0. The van der Waals surface area contributed by atoms with E-state index in [1.807, 2.05) is 0 Å². The molecule has 1 fully saturated rings. The standard InChI is InChI=1S/C4H6F2O/c5-3-1-2-4(3,6)7/h3,7H,1-2H2. The van der Waals surface area contributed by atoms with Crippen LogP contribution in [0.3, 0.4) is 0 Å². The lowest BCUT2D eigenvalue weighted by Gasteiger charge is -2.31. The first-order valence-electron chi connectivity index (χ1n) is 2.18. The van der Waals surface area contributed by atoms with Gasteiger partial charge >= 0.3 is 0 Å². The van der Waals surface area contributed by atoms with Gasteiger partial charge in [0, 0.05) is 6.42 Å². The van der Waals surface area contributed by atoms with Crippen LogP contribution in [0.25, 0.3) is 0 Å². The van der Waals surface area contributed by atoms with Crippen molar-refractivity contribution in [2.24, 2.45) is 0 Å². The summed E-state index contributed by atoms with van der Waals surface area (Å²) in [7, 11) is 0. The lowest BCUT2D eigenvalue weighted by atomic mass is 9.91. The van der Waals surface area contributed by atoms with E-state index in [0.717, 1.165) is 0 Å². The molecule has 2 unspecified atom stereocenters. The highest BCUT2D eigenvalue weighted by atomic mass is 19.2. The van der Waals surface area contributed by atoms with Crippen molar-refractivity contribution < 1.29 is 13.9 Å². The lowest BCUT2D eigenvalue weighted by Crippen LogP contribution is -2.44. The van der Waals surface area contributed by atoms with E-state index in [1.54, 1.807) is 0 Å². The first-order valence-corrected chi connectivity index (χ1v) is 2.18. The van der Waals surface area contributed by atoms with Crippen molar-refractivity contribution in [1.29, 1.82) is 0 Å². The highest BCUT2D eigenvalue weighted by molar-refractivity contribution is 4.86. The van der Waals surface area contributed by atoms with Crippen LogP contribution in [0.15, 0.2) is 0 Å². The van der Waals surface area contributed by atoms with Gasteiger partial charge in [0.15, 0.2) is 6.17 Å². The van der Waals surface area contributed by atoms with Gasteiger partial charge in [0.05, 0.1) is 0 Å². The minimum Gasteiger partial charge on any atom is -0.360 e. The molecule has 0 radical (unpaired) electrons. The maximum Gasteiger partial charge on any atom is 0.238 e. The number of aliphatic hydroxyl groups is 1. The molecule has 42 valence electrons. The van der Waals surface area contributed by atoms with Gasteiger partial charge in [0.25, 0.3) is 0 Å². The highest BCUT2D eigenvalue weighted by Crippen LogP contribution is 2.35. The molecule has 0 aromatic heterocycles. The summed E-state index contributed by atoms with van der Waals surface area (Å²) < 4.78 is 23.4. The van der Waals surface area contributed by atoms with Crippen LogP contribution in [-0.2, 0) is 0 Å². The number of rotatable bonds is 0. The minimum absolute atomic E-state index is 0.0475. The number of halogens is 2. The highest BCUT2D eigenvalue weighted by Gasteiger charge is 2.46. The molecule has 0 amide bonds. The van der Waals surface area contributed by atoms with Gasteiger partial charge in [-0.2, -0.15) is 0 Å². The maximum atomic E-state index is 11.8. The molecule has 0 aliphatic heterocycles. The first kappa shape index (κ1) is 4.97. The SMILES string of the molecule is OC1(F)CCC1F. The molecule has 1 N–H and O–H groups in total. The molecule has 1 aliphatic rings. The Bertz CT molecular complexity index is 81.8. The third kappa shape index (κ3) is 0.608. The Labute approximate surface area is 40.0 Å². The fourth-order valence-corrected chi connectivity index (χ4v) is 0.492. The maximum absolute atomic E-state index is 11.8. The van der Waals surface area contributed by atoms with Crippen molar-refractivity contribution in [3.8, 4) is 0 Å². The van der Waals surface area contributed by atoms with Gasteiger partial charge in [-0.1, -0.05) is 0 Å². The van der Waals surface area contributed by atoms with Crippen molar-refractivity contribution in [1.82, 2.24) is 0 Å². The monoisotopic (exact) mass is 108 g/mol. The molecule has 0 bridgehead atoms. The molecule has 0 aromatic carbocycles. The molecule has 1 nitrogen and oxygen atoms in total. The fourth-order valence-electron chi connectivity index (χ4n) is 0.492. The van der Waals surface area contributed by atoms with Gasteiger partial charge in [0.2, 0.25) is 5.85 Å².